The molecule has 0 aromatic heterocycles. The third-order valence-electron chi connectivity index (χ3n) is 4.94. The van der Waals surface area contributed by atoms with Gasteiger partial charge in [-0.3, -0.25) is 0 Å². The first-order valence-corrected chi connectivity index (χ1v) is 9.42. The molecule has 1 N–H and O–H groups in total. The number of carbonyl (C=O) groups is 1. The normalized spacial score (nSPS) is 18.1. The molecule has 0 bridgehead atoms. The quantitative estimate of drug-likeness (QED) is 0.811. The molecule has 1 aliphatic carbocycles. The SMILES string of the molecule is O=C(NCCC1=CCCCC1)N1CCN(c2ccc(F)c(Cl)c2)CC1. The molecule has 3 rings (SSSR count). The molecule has 1 aromatic carbocycles. The van der Waals surface area contributed by atoms with Crippen LogP contribution in [0.25, 0.3) is 0 Å². The van der Waals surface area contributed by atoms with Crippen molar-refractivity contribution in [3.63, 3.8) is 0 Å². The number of allylic oxidation sites excluding steroid dienone is 1. The Morgan fingerprint density at radius 2 is 2.00 bits per heavy atom. The third kappa shape index (κ3) is 4.88. The molecule has 0 spiro atoms. The number of hydrogen-bond acceptors (Lipinski definition) is 2. The highest BCUT2D eigenvalue weighted by Gasteiger charge is 2.21. The Bertz CT molecular complexity index is 642. The van der Waals surface area contributed by atoms with E-state index in [2.05, 4.69) is 16.3 Å². The van der Waals surface area contributed by atoms with Crippen LogP contribution in [0.15, 0.2) is 29.8 Å². The Balaban J connectivity index is 1.42. The van der Waals surface area contributed by atoms with Gasteiger partial charge in [0.2, 0.25) is 0 Å². The van der Waals surface area contributed by atoms with Crippen molar-refractivity contribution < 1.29 is 9.18 Å². The third-order valence-corrected chi connectivity index (χ3v) is 5.23. The maximum atomic E-state index is 13.3. The lowest BCUT2D eigenvalue weighted by atomic mass is 9.97. The zero-order valence-electron chi connectivity index (χ0n) is 14.4. The van der Waals surface area contributed by atoms with Gasteiger partial charge in [-0.05, 0) is 50.3 Å². The van der Waals surface area contributed by atoms with Crippen LogP contribution in [0.3, 0.4) is 0 Å². The Kier molecular flexibility index (Phi) is 6.19. The second-order valence-corrected chi connectivity index (χ2v) is 7.07. The minimum Gasteiger partial charge on any atom is -0.368 e. The maximum Gasteiger partial charge on any atom is 0.317 e. The fourth-order valence-electron chi connectivity index (χ4n) is 3.42. The lowest BCUT2D eigenvalue weighted by molar-refractivity contribution is 0.194. The van der Waals surface area contributed by atoms with Crippen LogP contribution >= 0.6 is 11.6 Å². The smallest absolute Gasteiger partial charge is 0.317 e. The largest absolute Gasteiger partial charge is 0.368 e. The number of urea groups is 1. The number of carbonyl (C=O) groups excluding carboxylic acids is 1. The molecule has 1 aliphatic heterocycles. The Hall–Kier alpha value is -1.75. The Morgan fingerprint density at radius 3 is 2.68 bits per heavy atom. The number of rotatable bonds is 4. The van der Waals surface area contributed by atoms with Crippen molar-refractivity contribution in [3.05, 3.63) is 40.7 Å². The predicted molar refractivity (Wildman–Crippen MR) is 99.8 cm³/mol. The van der Waals surface area contributed by atoms with Gasteiger partial charge in [0.15, 0.2) is 0 Å². The first kappa shape index (κ1) is 18.1. The van der Waals surface area contributed by atoms with Crippen LogP contribution in [0.4, 0.5) is 14.9 Å². The average Bonchev–Trinajstić information content (AvgIpc) is 2.65. The fourth-order valence-corrected chi connectivity index (χ4v) is 3.60. The van der Waals surface area contributed by atoms with Gasteiger partial charge in [-0.1, -0.05) is 23.3 Å². The lowest BCUT2D eigenvalue weighted by Crippen LogP contribution is -2.52. The molecule has 0 saturated carbocycles. The molecule has 0 atom stereocenters. The number of hydrogen-bond donors (Lipinski definition) is 1. The number of nitrogens with one attached hydrogen (secondary N) is 1. The summed E-state index contributed by atoms with van der Waals surface area (Å²) in [7, 11) is 0. The molecule has 1 heterocycles. The van der Waals surface area contributed by atoms with Gasteiger partial charge in [-0.25, -0.2) is 9.18 Å². The van der Waals surface area contributed by atoms with Gasteiger partial charge >= 0.3 is 6.03 Å². The summed E-state index contributed by atoms with van der Waals surface area (Å²) in [5, 5.41) is 3.16. The van der Waals surface area contributed by atoms with E-state index in [1.807, 2.05) is 4.90 Å². The van der Waals surface area contributed by atoms with Crippen molar-refractivity contribution >= 4 is 23.3 Å². The summed E-state index contributed by atoms with van der Waals surface area (Å²) < 4.78 is 13.3. The van der Waals surface area contributed by atoms with Crippen LogP contribution in [0.1, 0.15) is 32.1 Å². The molecule has 4 nitrogen and oxygen atoms in total. The minimum atomic E-state index is -0.406. The molecule has 1 saturated heterocycles. The number of piperazine rings is 1. The molecule has 2 amide bonds. The van der Waals surface area contributed by atoms with Gasteiger partial charge in [-0.2, -0.15) is 0 Å². The van der Waals surface area contributed by atoms with Crippen LogP contribution in [0.2, 0.25) is 5.02 Å². The highest BCUT2D eigenvalue weighted by Crippen LogP contribution is 2.23. The van der Waals surface area contributed by atoms with E-state index in [1.165, 1.54) is 37.3 Å². The van der Waals surface area contributed by atoms with Crippen molar-refractivity contribution in [2.45, 2.75) is 32.1 Å². The number of anilines is 1. The number of benzene rings is 1. The van der Waals surface area contributed by atoms with Gasteiger partial charge in [0.1, 0.15) is 5.82 Å². The topological polar surface area (TPSA) is 35.6 Å². The summed E-state index contributed by atoms with van der Waals surface area (Å²) in [5.41, 5.74) is 2.38. The first-order chi connectivity index (χ1) is 12.1. The van der Waals surface area contributed by atoms with Crippen molar-refractivity contribution in [1.82, 2.24) is 10.2 Å². The summed E-state index contributed by atoms with van der Waals surface area (Å²) in [5.74, 6) is -0.406. The second kappa shape index (κ2) is 8.56. The van der Waals surface area contributed by atoms with Crippen LogP contribution < -0.4 is 10.2 Å². The van der Waals surface area contributed by atoms with E-state index in [-0.39, 0.29) is 11.1 Å². The maximum absolute atomic E-state index is 13.3. The number of amides is 2. The van der Waals surface area contributed by atoms with Crippen LogP contribution in [-0.4, -0.2) is 43.7 Å². The van der Waals surface area contributed by atoms with Gasteiger partial charge in [0.05, 0.1) is 5.02 Å². The molecule has 2 aliphatic rings. The van der Waals surface area contributed by atoms with Crippen molar-refractivity contribution in [2.24, 2.45) is 0 Å². The van der Waals surface area contributed by atoms with Gasteiger partial charge in [-0.15, -0.1) is 0 Å². The lowest BCUT2D eigenvalue weighted by Gasteiger charge is -2.36. The standard InChI is InChI=1S/C19H25ClFN3O/c20-17-14-16(6-7-18(17)21)23-10-12-24(13-11-23)19(25)22-9-8-15-4-2-1-3-5-15/h4,6-7,14H,1-3,5,8-13H2,(H,22,25). The molecule has 1 aromatic rings. The highest BCUT2D eigenvalue weighted by molar-refractivity contribution is 6.31. The summed E-state index contributed by atoms with van der Waals surface area (Å²) in [6.45, 7) is 3.46. The molecule has 1 fully saturated rings. The van der Waals surface area contributed by atoms with E-state index in [9.17, 15) is 9.18 Å². The average molecular weight is 366 g/mol. The Labute approximate surface area is 153 Å². The van der Waals surface area contributed by atoms with Crippen molar-refractivity contribution in [1.29, 1.82) is 0 Å². The highest BCUT2D eigenvalue weighted by atomic mass is 35.5. The predicted octanol–water partition coefficient (Wildman–Crippen LogP) is 4.20. The fraction of sp³-hybridized carbons (Fsp3) is 0.526. The Morgan fingerprint density at radius 1 is 1.20 bits per heavy atom. The minimum absolute atomic E-state index is 0.00759. The summed E-state index contributed by atoms with van der Waals surface area (Å²) in [4.78, 5) is 16.3. The first-order valence-electron chi connectivity index (χ1n) is 9.04. The van der Waals surface area contributed by atoms with Gasteiger partial charge in [0, 0.05) is 38.4 Å². The molecular weight excluding hydrogens is 341 g/mol. The number of nitrogens with zero attached hydrogens (tertiary/aromatic N) is 2. The summed E-state index contributed by atoms with van der Waals surface area (Å²) in [6, 6.07) is 4.77. The molecular formula is C19H25ClFN3O. The zero-order chi connectivity index (χ0) is 17.6. The van der Waals surface area contributed by atoms with Crippen LogP contribution in [0, 0.1) is 5.82 Å². The van der Waals surface area contributed by atoms with Gasteiger partial charge in [0.25, 0.3) is 0 Å². The molecule has 136 valence electrons. The van der Waals surface area contributed by atoms with E-state index in [0.29, 0.717) is 19.6 Å². The molecule has 0 radical (unpaired) electrons. The van der Waals surface area contributed by atoms with E-state index < -0.39 is 5.82 Å². The molecule has 0 unspecified atom stereocenters. The van der Waals surface area contributed by atoms with E-state index in [4.69, 9.17) is 11.6 Å². The molecule has 6 heteroatoms. The monoisotopic (exact) mass is 365 g/mol. The summed E-state index contributed by atoms with van der Waals surface area (Å²) >= 11 is 5.85. The van der Waals surface area contributed by atoms with E-state index >= 15 is 0 Å². The number of halogens is 2. The van der Waals surface area contributed by atoms with Gasteiger partial charge < -0.3 is 15.1 Å². The van der Waals surface area contributed by atoms with Crippen molar-refractivity contribution in [3.8, 4) is 0 Å². The van der Waals surface area contributed by atoms with E-state index in [0.717, 1.165) is 25.2 Å². The second-order valence-electron chi connectivity index (χ2n) is 6.66. The van der Waals surface area contributed by atoms with E-state index in [1.54, 1.807) is 12.1 Å². The van der Waals surface area contributed by atoms with Crippen LogP contribution in [0.5, 0.6) is 0 Å². The summed E-state index contributed by atoms with van der Waals surface area (Å²) in [6.07, 6.45) is 8.20. The zero-order valence-corrected chi connectivity index (χ0v) is 15.2. The van der Waals surface area contributed by atoms with Crippen LogP contribution in [-0.2, 0) is 0 Å². The van der Waals surface area contributed by atoms with Crippen molar-refractivity contribution in [2.75, 3.05) is 37.6 Å². The molecule has 25 heavy (non-hydrogen) atoms.